The van der Waals surface area contributed by atoms with E-state index in [4.69, 9.17) is 0 Å². The maximum Gasteiger partial charge on any atom is 0.242 e. The Balaban J connectivity index is 1.24. The van der Waals surface area contributed by atoms with Gasteiger partial charge in [0.05, 0.1) is 23.2 Å². The number of piperazine rings is 1. The van der Waals surface area contributed by atoms with Crippen LogP contribution >= 0.6 is 11.3 Å². The summed E-state index contributed by atoms with van der Waals surface area (Å²) < 4.78 is 1.75. The fraction of sp³-hybridized carbons (Fsp3) is 0.522. The molecule has 0 spiro atoms. The fourth-order valence-corrected chi connectivity index (χ4v) is 6.10. The number of amides is 1. The van der Waals surface area contributed by atoms with Crippen LogP contribution in [0.25, 0.3) is 11.0 Å². The van der Waals surface area contributed by atoms with E-state index in [1.54, 1.807) is 22.3 Å². The first-order chi connectivity index (χ1) is 16.1. The van der Waals surface area contributed by atoms with Crippen LogP contribution in [0.1, 0.15) is 42.2 Å². The Kier molecular flexibility index (Phi) is 6.00. The highest BCUT2D eigenvalue weighted by atomic mass is 32.1. The molecule has 0 bridgehead atoms. The third-order valence-corrected chi connectivity index (χ3v) is 8.03. The number of nitrogens with one attached hydrogen (secondary N) is 1. The van der Waals surface area contributed by atoms with Crippen molar-refractivity contribution in [1.29, 1.82) is 5.26 Å². The molecule has 10 heteroatoms. The van der Waals surface area contributed by atoms with Gasteiger partial charge >= 0.3 is 0 Å². The lowest BCUT2D eigenvalue weighted by Crippen LogP contribution is -2.53. The third-order valence-electron chi connectivity index (χ3n) is 6.82. The zero-order valence-corrected chi connectivity index (χ0v) is 19.9. The first-order valence-electron chi connectivity index (χ1n) is 11.5. The quantitative estimate of drug-likeness (QED) is 0.592. The first-order valence-corrected chi connectivity index (χ1v) is 12.4. The molecule has 1 saturated heterocycles. The number of aryl methyl sites for hydroxylation is 2. The van der Waals surface area contributed by atoms with Crippen LogP contribution in [0.4, 0.5) is 10.8 Å². The van der Waals surface area contributed by atoms with Gasteiger partial charge in [0.15, 0.2) is 5.65 Å². The highest BCUT2D eigenvalue weighted by molar-refractivity contribution is 7.16. The Hall–Kier alpha value is -3.03. The van der Waals surface area contributed by atoms with Gasteiger partial charge in [-0.2, -0.15) is 10.4 Å². The molecule has 1 amide bonds. The lowest BCUT2D eigenvalue weighted by atomic mass is 10.1. The summed E-state index contributed by atoms with van der Waals surface area (Å²) in [6.07, 6.45) is 8.82. The van der Waals surface area contributed by atoms with Crippen LogP contribution in [-0.4, -0.2) is 62.8 Å². The Labute approximate surface area is 197 Å². The van der Waals surface area contributed by atoms with Gasteiger partial charge in [-0.15, -0.1) is 11.3 Å². The second kappa shape index (κ2) is 9.08. The lowest BCUT2D eigenvalue weighted by Gasteiger charge is -2.38. The number of hydrogen-bond acceptors (Lipinski definition) is 8. The summed E-state index contributed by atoms with van der Waals surface area (Å²) >= 11 is 1.59. The number of rotatable bonds is 4. The van der Waals surface area contributed by atoms with E-state index in [-0.39, 0.29) is 11.9 Å². The van der Waals surface area contributed by atoms with Crippen LogP contribution in [0.15, 0.2) is 12.5 Å². The van der Waals surface area contributed by atoms with Gasteiger partial charge in [-0.25, -0.2) is 9.97 Å². The fourth-order valence-electron chi connectivity index (χ4n) is 4.85. The summed E-state index contributed by atoms with van der Waals surface area (Å²) in [5.74, 6) is 0.844. The predicted molar refractivity (Wildman–Crippen MR) is 128 cm³/mol. The molecule has 0 saturated carbocycles. The molecule has 1 unspecified atom stereocenters. The average molecular weight is 465 g/mol. The van der Waals surface area contributed by atoms with E-state index in [9.17, 15) is 10.1 Å². The molecule has 5 rings (SSSR count). The van der Waals surface area contributed by atoms with E-state index in [1.165, 1.54) is 11.3 Å². The molecule has 1 aliphatic carbocycles. The third kappa shape index (κ3) is 4.07. The number of aromatic nitrogens is 4. The van der Waals surface area contributed by atoms with E-state index in [0.29, 0.717) is 5.56 Å². The molecule has 3 aromatic heterocycles. The maximum atomic E-state index is 13.1. The Morgan fingerprint density at radius 2 is 1.97 bits per heavy atom. The molecular weight excluding hydrogens is 436 g/mol. The van der Waals surface area contributed by atoms with Crippen LogP contribution in [-0.2, 0) is 24.7 Å². The number of anilines is 2. The number of thiophene rings is 1. The topological polar surface area (TPSA) is 103 Å². The molecule has 1 N–H and O–H groups in total. The zero-order valence-electron chi connectivity index (χ0n) is 19.0. The molecule has 9 nitrogen and oxygen atoms in total. The monoisotopic (exact) mass is 464 g/mol. The van der Waals surface area contributed by atoms with Gasteiger partial charge in [0.2, 0.25) is 5.91 Å². The van der Waals surface area contributed by atoms with E-state index in [1.807, 2.05) is 20.2 Å². The second-order valence-corrected chi connectivity index (χ2v) is 9.88. The average Bonchev–Trinajstić information content (AvgIpc) is 3.28. The molecule has 172 valence electrons. The highest BCUT2D eigenvalue weighted by Crippen LogP contribution is 2.37. The highest BCUT2D eigenvalue weighted by Gasteiger charge is 2.29. The standard InChI is InChI=1S/C23H28N8OS/c1-15(22(32)28-23-17(12-24)16-6-4-3-5-7-19(16)33-23)30-8-10-31(11-9-30)21-18-13-27-29(2)20(18)25-14-26-21/h13-15H,3-11H2,1-2H3,(H,28,32). The van der Waals surface area contributed by atoms with Gasteiger partial charge in [-0.1, -0.05) is 6.42 Å². The molecular formula is C23H28N8OS. The minimum absolute atomic E-state index is 0.0481. The molecule has 4 heterocycles. The number of fused-ring (bicyclic) bond motifs is 2. The molecule has 0 aromatic carbocycles. The number of carbonyl (C=O) groups excluding carboxylic acids is 1. The summed E-state index contributed by atoms with van der Waals surface area (Å²) in [6, 6.07) is 2.08. The van der Waals surface area contributed by atoms with Gasteiger partial charge in [0, 0.05) is 38.1 Å². The Morgan fingerprint density at radius 1 is 1.18 bits per heavy atom. The molecule has 33 heavy (non-hydrogen) atoms. The van der Waals surface area contributed by atoms with Gasteiger partial charge in [0.25, 0.3) is 0 Å². The molecule has 2 aliphatic rings. The summed E-state index contributed by atoms with van der Waals surface area (Å²) in [5, 5.41) is 18.8. The van der Waals surface area contributed by atoms with Crippen molar-refractivity contribution in [2.45, 2.75) is 45.1 Å². The number of nitriles is 1. The summed E-state index contributed by atoms with van der Waals surface area (Å²) in [7, 11) is 1.88. The van der Waals surface area contributed by atoms with Crippen molar-refractivity contribution in [1.82, 2.24) is 24.6 Å². The Morgan fingerprint density at radius 3 is 2.76 bits per heavy atom. The van der Waals surface area contributed by atoms with Crippen molar-refractivity contribution in [3.63, 3.8) is 0 Å². The van der Waals surface area contributed by atoms with Crippen molar-refractivity contribution in [3.05, 3.63) is 28.5 Å². The SMILES string of the molecule is CC(C(=O)Nc1sc2c(c1C#N)CCCCC2)N1CCN(c2ncnc3c2cnn3C)CC1. The largest absolute Gasteiger partial charge is 0.353 e. The Bertz CT molecular complexity index is 1220. The van der Waals surface area contributed by atoms with E-state index in [0.717, 1.165) is 79.3 Å². The summed E-state index contributed by atoms with van der Waals surface area (Å²) in [4.78, 5) is 27.6. The summed E-state index contributed by atoms with van der Waals surface area (Å²) in [6.45, 7) is 5.00. The second-order valence-electron chi connectivity index (χ2n) is 8.77. The van der Waals surface area contributed by atoms with Crippen LogP contribution in [0.3, 0.4) is 0 Å². The van der Waals surface area contributed by atoms with Gasteiger partial charge in [0.1, 0.15) is 23.2 Å². The van der Waals surface area contributed by atoms with E-state index >= 15 is 0 Å². The molecule has 3 aromatic rings. The molecule has 1 fully saturated rings. The molecule has 1 aliphatic heterocycles. The smallest absolute Gasteiger partial charge is 0.242 e. The summed E-state index contributed by atoms with van der Waals surface area (Å²) in [5.41, 5.74) is 2.65. The van der Waals surface area contributed by atoms with Crippen molar-refractivity contribution in [3.8, 4) is 6.07 Å². The van der Waals surface area contributed by atoms with E-state index in [2.05, 4.69) is 36.3 Å². The van der Waals surface area contributed by atoms with Gasteiger partial charge < -0.3 is 10.2 Å². The normalized spacial score (nSPS) is 17.9. The van der Waals surface area contributed by atoms with E-state index < -0.39 is 0 Å². The van der Waals surface area contributed by atoms with Crippen LogP contribution < -0.4 is 10.2 Å². The van der Waals surface area contributed by atoms with Crippen molar-refractivity contribution in [2.75, 3.05) is 36.4 Å². The molecule has 1 atom stereocenters. The minimum Gasteiger partial charge on any atom is -0.353 e. The molecule has 0 radical (unpaired) electrons. The predicted octanol–water partition coefficient (Wildman–Crippen LogP) is 2.71. The number of hydrogen-bond donors (Lipinski definition) is 1. The van der Waals surface area contributed by atoms with Crippen LogP contribution in [0.2, 0.25) is 0 Å². The van der Waals surface area contributed by atoms with Crippen LogP contribution in [0.5, 0.6) is 0 Å². The number of carbonyl (C=O) groups is 1. The van der Waals surface area contributed by atoms with Crippen LogP contribution in [0, 0.1) is 11.3 Å². The zero-order chi connectivity index (χ0) is 22.9. The van der Waals surface area contributed by atoms with Gasteiger partial charge in [-0.3, -0.25) is 14.4 Å². The number of nitrogens with zero attached hydrogens (tertiary/aromatic N) is 7. The van der Waals surface area contributed by atoms with Gasteiger partial charge in [-0.05, 0) is 38.2 Å². The first kappa shape index (κ1) is 21.8. The van der Waals surface area contributed by atoms with Crippen molar-refractivity contribution < 1.29 is 4.79 Å². The maximum absolute atomic E-state index is 13.1. The van der Waals surface area contributed by atoms with Crippen molar-refractivity contribution >= 4 is 39.1 Å². The van der Waals surface area contributed by atoms with Crippen molar-refractivity contribution in [2.24, 2.45) is 7.05 Å². The minimum atomic E-state index is -0.274. The lowest BCUT2D eigenvalue weighted by molar-refractivity contribution is -0.120.